The molecule has 0 spiro atoms. The molecule has 1 aromatic carbocycles. The minimum Gasteiger partial charge on any atom is -0.481 e. The highest BCUT2D eigenvalue weighted by atomic mass is 16.5. The summed E-state index contributed by atoms with van der Waals surface area (Å²) < 4.78 is 5.06. The number of anilines is 1. The molecule has 0 unspecified atom stereocenters. The predicted molar refractivity (Wildman–Crippen MR) is 82.7 cm³/mol. The maximum Gasteiger partial charge on any atom is 0.253 e. The lowest BCUT2D eigenvalue weighted by molar-refractivity contribution is 0.0951. The molecular weight excluding hydrogens is 266 g/mol. The van der Waals surface area contributed by atoms with E-state index in [-0.39, 0.29) is 5.91 Å². The van der Waals surface area contributed by atoms with Gasteiger partial charge in [-0.05, 0) is 30.7 Å². The highest BCUT2D eigenvalue weighted by molar-refractivity contribution is 5.99. The fourth-order valence-electron chi connectivity index (χ4n) is 2.01. The zero-order chi connectivity index (χ0) is 15.2. The first-order chi connectivity index (χ1) is 10.1. The predicted octanol–water partition coefficient (Wildman–Crippen LogP) is 2.37. The standard InChI is InChI=1S/C16H19N3O2/c1-11-4-5-14(17-2)13(8-11)16(20)19-10-12-6-7-18-15(9-12)21-3/h4-9,17H,10H2,1-3H3,(H,19,20). The minimum absolute atomic E-state index is 0.112. The molecule has 0 atom stereocenters. The van der Waals surface area contributed by atoms with E-state index in [1.807, 2.05) is 31.2 Å². The van der Waals surface area contributed by atoms with Gasteiger partial charge in [0.15, 0.2) is 0 Å². The molecule has 1 heterocycles. The number of amides is 1. The van der Waals surface area contributed by atoms with Crippen molar-refractivity contribution in [3.05, 3.63) is 53.2 Å². The molecule has 2 N–H and O–H groups in total. The Kier molecular flexibility index (Phi) is 4.77. The van der Waals surface area contributed by atoms with Gasteiger partial charge in [0.25, 0.3) is 5.91 Å². The van der Waals surface area contributed by atoms with Crippen LogP contribution in [0.2, 0.25) is 0 Å². The summed E-state index contributed by atoms with van der Waals surface area (Å²) in [7, 11) is 3.37. The Morgan fingerprint density at radius 2 is 2.10 bits per heavy atom. The Hall–Kier alpha value is -2.56. The fourth-order valence-corrected chi connectivity index (χ4v) is 2.01. The van der Waals surface area contributed by atoms with Crippen LogP contribution in [0.4, 0.5) is 5.69 Å². The largest absolute Gasteiger partial charge is 0.481 e. The number of aryl methyl sites for hydroxylation is 1. The molecule has 21 heavy (non-hydrogen) atoms. The molecule has 5 heteroatoms. The maximum atomic E-state index is 12.3. The third kappa shape index (κ3) is 3.72. The van der Waals surface area contributed by atoms with Crippen molar-refractivity contribution in [3.8, 4) is 5.88 Å². The Labute approximate surface area is 124 Å². The van der Waals surface area contributed by atoms with Crippen molar-refractivity contribution < 1.29 is 9.53 Å². The highest BCUT2D eigenvalue weighted by Gasteiger charge is 2.10. The summed E-state index contributed by atoms with van der Waals surface area (Å²) >= 11 is 0. The average molecular weight is 285 g/mol. The number of benzene rings is 1. The van der Waals surface area contributed by atoms with Crippen LogP contribution in [0.15, 0.2) is 36.5 Å². The van der Waals surface area contributed by atoms with Crippen molar-refractivity contribution in [1.29, 1.82) is 0 Å². The molecule has 0 fully saturated rings. The second kappa shape index (κ2) is 6.74. The molecule has 0 radical (unpaired) electrons. The van der Waals surface area contributed by atoms with E-state index in [2.05, 4.69) is 15.6 Å². The average Bonchev–Trinajstić information content (AvgIpc) is 2.52. The molecule has 0 saturated carbocycles. The third-order valence-electron chi connectivity index (χ3n) is 3.15. The van der Waals surface area contributed by atoms with E-state index >= 15 is 0 Å². The number of nitrogens with zero attached hydrogens (tertiary/aromatic N) is 1. The SMILES string of the molecule is CNc1ccc(C)cc1C(=O)NCc1ccnc(OC)c1. The van der Waals surface area contributed by atoms with Crippen molar-refractivity contribution in [2.45, 2.75) is 13.5 Å². The molecule has 2 aromatic rings. The molecule has 0 aliphatic carbocycles. The second-order valence-corrected chi connectivity index (χ2v) is 4.69. The smallest absolute Gasteiger partial charge is 0.253 e. The van der Waals surface area contributed by atoms with Gasteiger partial charge in [0.05, 0.1) is 12.7 Å². The summed E-state index contributed by atoms with van der Waals surface area (Å²) in [6.45, 7) is 2.39. The van der Waals surface area contributed by atoms with E-state index in [9.17, 15) is 4.79 Å². The van der Waals surface area contributed by atoms with Crippen LogP contribution in [0, 0.1) is 6.92 Å². The Bertz CT molecular complexity index is 641. The number of pyridine rings is 1. The summed E-state index contributed by atoms with van der Waals surface area (Å²) in [6, 6.07) is 9.39. The number of ether oxygens (including phenoxy) is 1. The molecular formula is C16H19N3O2. The molecule has 1 amide bonds. The van der Waals surface area contributed by atoms with Crippen LogP contribution < -0.4 is 15.4 Å². The van der Waals surface area contributed by atoms with Gasteiger partial charge in [0.1, 0.15) is 0 Å². The van der Waals surface area contributed by atoms with E-state index < -0.39 is 0 Å². The molecule has 0 saturated heterocycles. The van der Waals surface area contributed by atoms with Gasteiger partial charge >= 0.3 is 0 Å². The zero-order valence-electron chi connectivity index (χ0n) is 12.4. The van der Waals surface area contributed by atoms with Crippen LogP contribution in [0.5, 0.6) is 5.88 Å². The number of methoxy groups -OCH3 is 1. The number of hydrogen-bond donors (Lipinski definition) is 2. The van der Waals surface area contributed by atoms with Gasteiger partial charge in [-0.25, -0.2) is 4.98 Å². The topological polar surface area (TPSA) is 63.2 Å². The summed E-state index contributed by atoms with van der Waals surface area (Å²) in [5.41, 5.74) is 3.43. The van der Waals surface area contributed by atoms with Gasteiger partial charge in [0, 0.05) is 31.5 Å². The van der Waals surface area contributed by atoms with Gasteiger partial charge in [0.2, 0.25) is 5.88 Å². The number of carbonyl (C=O) groups is 1. The summed E-state index contributed by atoms with van der Waals surface area (Å²) in [5, 5.41) is 5.94. The van der Waals surface area contributed by atoms with Crippen molar-refractivity contribution in [1.82, 2.24) is 10.3 Å². The summed E-state index contributed by atoms with van der Waals surface area (Å²) in [5.74, 6) is 0.423. The van der Waals surface area contributed by atoms with E-state index in [4.69, 9.17) is 4.74 Å². The van der Waals surface area contributed by atoms with Crippen molar-refractivity contribution in [2.75, 3.05) is 19.5 Å². The highest BCUT2D eigenvalue weighted by Crippen LogP contribution is 2.17. The van der Waals surface area contributed by atoms with Crippen molar-refractivity contribution >= 4 is 11.6 Å². The Morgan fingerprint density at radius 3 is 2.81 bits per heavy atom. The lowest BCUT2D eigenvalue weighted by atomic mass is 10.1. The summed E-state index contributed by atoms with van der Waals surface area (Å²) in [6.07, 6.45) is 1.66. The van der Waals surface area contributed by atoms with Crippen molar-refractivity contribution in [3.63, 3.8) is 0 Å². The van der Waals surface area contributed by atoms with Crippen molar-refractivity contribution in [2.24, 2.45) is 0 Å². The quantitative estimate of drug-likeness (QED) is 0.885. The molecule has 0 aliphatic rings. The number of nitrogens with one attached hydrogen (secondary N) is 2. The van der Waals surface area contributed by atoms with Gasteiger partial charge in [-0.2, -0.15) is 0 Å². The number of rotatable bonds is 5. The molecule has 2 rings (SSSR count). The van der Waals surface area contributed by atoms with Crippen LogP contribution in [0.25, 0.3) is 0 Å². The summed E-state index contributed by atoms with van der Waals surface area (Å²) in [4.78, 5) is 16.3. The van der Waals surface area contributed by atoms with Crippen LogP contribution in [0.1, 0.15) is 21.5 Å². The van der Waals surface area contributed by atoms with Crippen LogP contribution in [-0.2, 0) is 6.54 Å². The molecule has 0 aliphatic heterocycles. The zero-order valence-corrected chi connectivity index (χ0v) is 12.4. The maximum absolute atomic E-state index is 12.3. The third-order valence-corrected chi connectivity index (χ3v) is 3.15. The van der Waals surface area contributed by atoms with Gasteiger partial charge in [-0.1, -0.05) is 11.6 Å². The Morgan fingerprint density at radius 1 is 1.29 bits per heavy atom. The fraction of sp³-hybridized carbons (Fsp3) is 0.250. The molecule has 5 nitrogen and oxygen atoms in total. The van der Waals surface area contributed by atoms with Gasteiger partial charge in [-0.15, -0.1) is 0 Å². The molecule has 110 valence electrons. The monoisotopic (exact) mass is 285 g/mol. The number of hydrogen-bond acceptors (Lipinski definition) is 4. The van der Waals surface area contributed by atoms with E-state index in [0.29, 0.717) is 18.0 Å². The van der Waals surface area contributed by atoms with Crippen LogP contribution >= 0.6 is 0 Å². The van der Waals surface area contributed by atoms with E-state index in [1.165, 1.54) is 0 Å². The van der Waals surface area contributed by atoms with Crippen LogP contribution in [0.3, 0.4) is 0 Å². The number of aromatic nitrogens is 1. The van der Waals surface area contributed by atoms with Gasteiger partial charge < -0.3 is 15.4 Å². The first kappa shape index (κ1) is 14.8. The lowest BCUT2D eigenvalue weighted by Gasteiger charge is -2.11. The van der Waals surface area contributed by atoms with E-state index in [1.54, 1.807) is 26.4 Å². The first-order valence-electron chi connectivity index (χ1n) is 6.69. The molecule has 0 bridgehead atoms. The van der Waals surface area contributed by atoms with Crippen LogP contribution in [-0.4, -0.2) is 25.0 Å². The number of carbonyl (C=O) groups excluding carboxylic acids is 1. The Balaban J connectivity index is 2.09. The minimum atomic E-state index is -0.112. The van der Waals surface area contributed by atoms with E-state index in [0.717, 1.165) is 16.8 Å². The first-order valence-corrected chi connectivity index (χ1v) is 6.69. The van der Waals surface area contributed by atoms with Gasteiger partial charge in [-0.3, -0.25) is 4.79 Å². The molecule has 1 aromatic heterocycles. The second-order valence-electron chi connectivity index (χ2n) is 4.69. The lowest BCUT2D eigenvalue weighted by Crippen LogP contribution is -2.23. The normalized spacial score (nSPS) is 10.0.